The molecule has 0 nitrogen and oxygen atoms in total. The maximum Gasteiger partial charge on any atom is -0.0156 e. The van der Waals surface area contributed by atoms with Crippen molar-refractivity contribution in [2.24, 2.45) is 0 Å². The molecule has 0 aliphatic heterocycles. The summed E-state index contributed by atoms with van der Waals surface area (Å²) in [4.78, 5) is 0. The number of aryl methyl sites for hydroxylation is 1. The molecule has 0 fully saturated rings. The van der Waals surface area contributed by atoms with Crippen molar-refractivity contribution < 1.29 is 0 Å². The van der Waals surface area contributed by atoms with Crippen LogP contribution in [0.15, 0.2) is 48.6 Å². The van der Waals surface area contributed by atoms with Crippen LogP contribution in [0.3, 0.4) is 0 Å². The van der Waals surface area contributed by atoms with E-state index in [1.807, 2.05) is 6.92 Å². The minimum absolute atomic E-state index is 0.584. The van der Waals surface area contributed by atoms with Gasteiger partial charge in [0, 0.05) is 0 Å². The van der Waals surface area contributed by atoms with Gasteiger partial charge in [0.05, 0.1) is 0 Å². The first-order valence-electron chi connectivity index (χ1n) is 5.48. The predicted octanol–water partition coefficient (Wildman–Crippen LogP) is 4.62. The van der Waals surface area contributed by atoms with E-state index in [9.17, 15) is 0 Å². The number of allylic oxidation sites excluding steroid dienone is 3. The van der Waals surface area contributed by atoms with Crippen LogP contribution in [-0.4, -0.2) is 0 Å². The van der Waals surface area contributed by atoms with E-state index in [2.05, 4.69) is 56.8 Å². The molecule has 1 aromatic carbocycles. The van der Waals surface area contributed by atoms with E-state index in [4.69, 9.17) is 0 Å². The molecule has 1 aromatic rings. The standard InChI is InChI=1S/C15H20/c1-12(2)6-5-7-14(4)15-10-8-13(3)9-11-15/h5-6,8-11,14H,1,7H2,2-4H3/b6-5+. The van der Waals surface area contributed by atoms with Gasteiger partial charge in [-0.25, -0.2) is 0 Å². The molecular weight excluding hydrogens is 180 g/mol. The van der Waals surface area contributed by atoms with Gasteiger partial charge in [-0.2, -0.15) is 0 Å². The predicted molar refractivity (Wildman–Crippen MR) is 68.2 cm³/mol. The molecule has 0 radical (unpaired) electrons. The Bertz CT molecular complexity index is 341. The van der Waals surface area contributed by atoms with Gasteiger partial charge in [0.15, 0.2) is 0 Å². The van der Waals surface area contributed by atoms with E-state index >= 15 is 0 Å². The average molecular weight is 200 g/mol. The summed E-state index contributed by atoms with van der Waals surface area (Å²) < 4.78 is 0. The molecule has 0 aromatic heterocycles. The first-order chi connectivity index (χ1) is 7.09. The molecule has 1 unspecified atom stereocenters. The van der Waals surface area contributed by atoms with Crippen molar-refractivity contribution in [1.82, 2.24) is 0 Å². The molecular formula is C15H20. The highest BCUT2D eigenvalue weighted by Gasteiger charge is 2.02. The van der Waals surface area contributed by atoms with Gasteiger partial charge in [-0.1, -0.05) is 61.1 Å². The van der Waals surface area contributed by atoms with Gasteiger partial charge < -0.3 is 0 Å². The number of hydrogen-bond donors (Lipinski definition) is 0. The summed E-state index contributed by atoms with van der Waals surface area (Å²) in [7, 11) is 0. The Morgan fingerprint density at radius 2 is 1.93 bits per heavy atom. The Hall–Kier alpha value is -1.30. The molecule has 0 heterocycles. The molecule has 0 N–H and O–H groups in total. The smallest absolute Gasteiger partial charge is 0.0156 e. The normalized spacial score (nSPS) is 13.0. The van der Waals surface area contributed by atoms with Gasteiger partial charge in [-0.3, -0.25) is 0 Å². The zero-order valence-corrected chi connectivity index (χ0v) is 9.96. The molecule has 0 amide bonds. The van der Waals surface area contributed by atoms with E-state index in [0.29, 0.717) is 5.92 Å². The van der Waals surface area contributed by atoms with Crippen LogP contribution in [0.25, 0.3) is 0 Å². The Labute approximate surface area is 93.3 Å². The molecule has 0 heteroatoms. The Balaban J connectivity index is 2.57. The van der Waals surface area contributed by atoms with Crippen LogP contribution in [0, 0.1) is 6.92 Å². The topological polar surface area (TPSA) is 0 Å². The van der Waals surface area contributed by atoms with Gasteiger partial charge in [-0.05, 0) is 31.7 Å². The van der Waals surface area contributed by atoms with E-state index in [-0.39, 0.29) is 0 Å². The van der Waals surface area contributed by atoms with Crippen molar-refractivity contribution in [1.29, 1.82) is 0 Å². The molecule has 0 spiro atoms. The fourth-order valence-electron chi connectivity index (χ4n) is 1.50. The van der Waals surface area contributed by atoms with E-state index in [1.54, 1.807) is 0 Å². The van der Waals surface area contributed by atoms with Crippen molar-refractivity contribution in [3.8, 4) is 0 Å². The third-order valence-corrected chi connectivity index (χ3v) is 2.54. The van der Waals surface area contributed by atoms with Gasteiger partial charge in [0.25, 0.3) is 0 Å². The first kappa shape index (κ1) is 11.8. The maximum absolute atomic E-state index is 3.85. The lowest BCUT2D eigenvalue weighted by atomic mass is 9.96. The minimum atomic E-state index is 0.584. The monoisotopic (exact) mass is 200 g/mol. The van der Waals surface area contributed by atoms with E-state index < -0.39 is 0 Å². The molecule has 1 rings (SSSR count). The fraction of sp³-hybridized carbons (Fsp3) is 0.333. The van der Waals surface area contributed by atoms with Gasteiger partial charge in [0.2, 0.25) is 0 Å². The number of rotatable bonds is 4. The Morgan fingerprint density at radius 3 is 2.47 bits per heavy atom. The molecule has 1 atom stereocenters. The zero-order chi connectivity index (χ0) is 11.3. The average Bonchev–Trinajstić information content (AvgIpc) is 2.18. The van der Waals surface area contributed by atoms with Crippen molar-refractivity contribution in [3.63, 3.8) is 0 Å². The first-order valence-corrected chi connectivity index (χ1v) is 5.48. The van der Waals surface area contributed by atoms with E-state index in [0.717, 1.165) is 12.0 Å². The summed E-state index contributed by atoms with van der Waals surface area (Å²) >= 11 is 0. The molecule has 0 saturated carbocycles. The van der Waals surface area contributed by atoms with Crippen molar-refractivity contribution >= 4 is 0 Å². The van der Waals surface area contributed by atoms with Crippen LogP contribution in [0.5, 0.6) is 0 Å². The van der Waals surface area contributed by atoms with Gasteiger partial charge in [-0.15, -0.1) is 0 Å². The number of hydrogen-bond acceptors (Lipinski definition) is 0. The SMILES string of the molecule is C=C(C)/C=C/CC(C)c1ccc(C)cc1. The lowest BCUT2D eigenvalue weighted by Crippen LogP contribution is -1.91. The Morgan fingerprint density at radius 1 is 1.33 bits per heavy atom. The van der Waals surface area contributed by atoms with Crippen LogP contribution in [0.1, 0.15) is 37.3 Å². The summed E-state index contributed by atoms with van der Waals surface area (Å²) in [6, 6.07) is 8.78. The quantitative estimate of drug-likeness (QED) is 0.622. The van der Waals surface area contributed by atoms with Gasteiger partial charge in [0.1, 0.15) is 0 Å². The summed E-state index contributed by atoms with van der Waals surface area (Å²) in [6.45, 7) is 10.2. The fourth-order valence-corrected chi connectivity index (χ4v) is 1.50. The second-order valence-corrected chi connectivity index (χ2v) is 4.30. The highest BCUT2D eigenvalue weighted by Crippen LogP contribution is 2.19. The summed E-state index contributed by atoms with van der Waals surface area (Å²) in [5.41, 5.74) is 3.85. The highest BCUT2D eigenvalue weighted by atomic mass is 14.1. The summed E-state index contributed by atoms with van der Waals surface area (Å²) in [5.74, 6) is 0.584. The highest BCUT2D eigenvalue weighted by molar-refractivity contribution is 5.25. The zero-order valence-electron chi connectivity index (χ0n) is 9.96. The molecule has 0 saturated heterocycles. The second-order valence-electron chi connectivity index (χ2n) is 4.30. The van der Waals surface area contributed by atoms with Crippen LogP contribution in [0.4, 0.5) is 0 Å². The molecule has 15 heavy (non-hydrogen) atoms. The third-order valence-electron chi connectivity index (χ3n) is 2.54. The van der Waals surface area contributed by atoms with Crippen LogP contribution >= 0.6 is 0 Å². The molecule has 80 valence electrons. The Kier molecular flexibility index (Phi) is 4.36. The maximum atomic E-state index is 3.85. The summed E-state index contributed by atoms with van der Waals surface area (Å²) in [5, 5.41) is 0. The lowest BCUT2D eigenvalue weighted by molar-refractivity contribution is 0.780. The van der Waals surface area contributed by atoms with Gasteiger partial charge >= 0.3 is 0 Å². The van der Waals surface area contributed by atoms with Crippen molar-refractivity contribution in [3.05, 3.63) is 59.7 Å². The molecule has 0 aliphatic rings. The molecule has 0 bridgehead atoms. The second kappa shape index (κ2) is 5.55. The largest absolute Gasteiger partial charge is 0.0961 e. The minimum Gasteiger partial charge on any atom is -0.0961 e. The lowest BCUT2D eigenvalue weighted by Gasteiger charge is -2.09. The van der Waals surface area contributed by atoms with E-state index in [1.165, 1.54) is 11.1 Å². The van der Waals surface area contributed by atoms with Crippen LogP contribution in [0.2, 0.25) is 0 Å². The summed E-state index contributed by atoms with van der Waals surface area (Å²) in [6.07, 6.45) is 5.37. The van der Waals surface area contributed by atoms with Crippen LogP contribution < -0.4 is 0 Å². The van der Waals surface area contributed by atoms with Crippen molar-refractivity contribution in [2.75, 3.05) is 0 Å². The van der Waals surface area contributed by atoms with Crippen LogP contribution in [-0.2, 0) is 0 Å². The molecule has 0 aliphatic carbocycles. The third kappa shape index (κ3) is 4.16. The van der Waals surface area contributed by atoms with Crippen molar-refractivity contribution in [2.45, 2.75) is 33.1 Å². The number of benzene rings is 1.